The van der Waals surface area contributed by atoms with Gasteiger partial charge in [-0.15, -0.1) is 0 Å². The number of nitrogens with one attached hydrogen (secondary N) is 1. The number of amides is 1. The van der Waals surface area contributed by atoms with Crippen LogP contribution in [0.5, 0.6) is 5.75 Å². The summed E-state index contributed by atoms with van der Waals surface area (Å²) >= 11 is 0. The number of nitrogens with zero attached hydrogens (tertiary/aromatic N) is 1. The summed E-state index contributed by atoms with van der Waals surface area (Å²) in [4.78, 5) is 16.8. The van der Waals surface area contributed by atoms with Crippen molar-refractivity contribution in [2.45, 2.75) is 12.5 Å². The lowest BCUT2D eigenvalue weighted by Gasteiger charge is -2.12. The number of benzene rings is 2. The Bertz CT molecular complexity index is 830. The molecule has 3 aromatic rings. The lowest BCUT2D eigenvalue weighted by molar-refractivity contribution is -0.122. The Hall–Kier alpha value is -2.88. The largest absolute Gasteiger partial charge is 0.480 e. The Morgan fingerprint density at radius 2 is 1.95 bits per heavy atom. The molecule has 108 valence electrons. The SMILES string of the molecule is O=C(Nc1cccc2cccnc12)C1Cc2ccccc2O1. The maximum atomic E-state index is 12.5. The number of para-hydroxylation sites is 2. The summed E-state index contributed by atoms with van der Waals surface area (Å²) in [6.07, 6.45) is 1.83. The van der Waals surface area contributed by atoms with Gasteiger partial charge >= 0.3 is 0 Å². The lowest BCUT2D eigenvalue weighted by atomic mass is 10.1. The van der Waals surface area contributed by atoms with E-state index >= 15 is 0 Å². The molecule has 0 radical (unpaired) electrons. The molecule has 1 unspecified atom stereocenters. The van der Waals surface area contributed by atoms with Crippen molar-refractivity contribution in [3.63, 3.8) is 0 Å². The summed E-state index contributed by atoms with van der Waals surface area (Å²) in [5.41, 5.74) is 2.57. The van der Waals surface area contributed by atoms with E-state index in [2.05, 4.69) is 10.3 Å². The van der Waals surface area contributed by atoms with Crippen molar-refractivity contribution in [1.82, 2.24) is 4.98 Å². The summed E-state index contributed by atoms with van der Waals surface area (Å²) in [5.74, 6) is 0.646. The van der Waals surface area contributed by atoms with Crippen molar-refractivity contribution in [3.05, 3.63) is 66.4 Å². The molecular weight excluding hydrogens is 276 g/mol. The van der Waals surface area contributed by atoms with Gasteiger partial charge in [-0.05, 0) is 23.8 Å². The molecule has 4 nitrogen and oxygen atoms in total. The second-order valence-electron chi connectivity index (χ2n) is 5.29. The number of carbonyl (C=O) groups excluding carboxylic acids is 1. The first-order valence-corrected chi connectivity index (χ1v) is 7.20. The number of rotatable bonds is 2. The zero-order valence-corrected chi connectivity index (χ0v) is 11.8. The van der Waals surface area contributed by atoms with Gasteiger partial charge in [-0.25, -0.2) is 0 Å². The molecule has 1 aliphatic heterocycles. The van der Waals surface area contributed by atoms with E-state index in [0.29, 0.717) is 12.1 Å². The highest BCUT2D eigenvalue weighted by Gasteiger charge is 2.29. The maximum absolute atomic E-state index is 12.5. The summed E-state index contributed by atoms with van der Waals surface area (Å²) in [6.45, 7) is 0. The van der Waals surface area contributed by atoms with E-state index in [9.17, 15) is 4.79 Å². The molecule has 0 fully saturated rings. The molecule has 2 heterocycles. The molecule has 0 bridgehead atoms. The van der Waals surface area contributed by atoms with Crippen LogP contribution in [-0.2, 0) is 11.2 Å². The molecule has 22 heavy (non-hydrogen) atoms. The summed E-state index contributed by atoms with van der Waals surface area (Å²) < 4.78 is 5.72. The fraction of sp³-hybridized carbons (Fsp3) is 0.111. The monoisotopic (exact) mass is 290 g/mol. The van der Waals surface area contributed by atoms with Crippen molar-refractivity contribution in [3.8, 4) is 5.75 Å². The number of aromatic nitrogens is 1. The summed E-state index contributed by atoms with van der Waals surface area (Å²) in [5, 5.41) is 3.93. The van der Waals surface area contributed by atoms with Crippen LogP contribution in [0.1, 0.15) is 5.56 Å². The minimum atomic E-state index is -0.489. The van der Waals surface area contributed by atoms with E-state index in [-0.39, 0.29) is 5.91 Å². The number of anilines is 1. The first-order valence-electron chi connectivity index (χ1n) is 7.20. The average molecular weight is 290 g/mol. The highest BCUT2D eigenvalue weighted by Crippen LogP contribution is 2.29. The van der Waals surface area contributed by atoms with Gasteiger partial charge in [-0.1, -0.05) is 36.4 Å². The van der Waals surface area contributed by atoms with Crippen LogP contribution in [0.25, 0.3) is 10.9 Å². The van der Waals surface area contributed by atoms with Crippen molar-refractivity contribution in [1.29, 1.82) is 0 Å². The normalized spacial score (nSPS) is 16.1. The van der Waals surface area contributed by atoms with Gasteiger partial charge in [0.25, 0.3) is 5.91 Å². The Morgan fingerprint density at radius 1 is 1.09 bits per heavy atom. The predicted molar refractivity (Wildman–Crippen MR) is 84.9 cm³/mol. The summed E-state index contributed by atoms with van der Waals surface area (Å²) in [6, 6.07) is 17.3. The highest BCUT2D eigenvalue weighted by molar-refractivity contribution is 6.02. The van der Waals surface area contributed by atoms with E-state index in [1.54, 1.807) is 6.20 Å². The first-order chi connectivity index (χ1) is 10.8. The quantitative estimate of drug-likeness (QED) is 0.788. The van der Waals surface area contributed by atoms with Gasteiger partial charge in [0.15, 0.2) is 6.10 Å². The minimum Gasteiger partial charge on any atom is -0.480 e. The molecule has 0 spiro atoms. The van der Waals surface area contributed by atoms with Crippen molar-refractivity contribution in [2.24, 2.45) is 0 Å². The Balaban J connectivity index is 1.58. The molecule has 2 aromatic carbocycles. The van der Waals surface area contributed by atoms with Crippen LogP contribution in [0.4, 0.5) is 5.69 Å². The van der Waals surface area contributed by atoms with Crippen LogP contribution >= 0.6 is 0 Å². The number of ether oxygens (including phenoxy) is 1. The second-order valence-corrected chi connectivity index (χ2v) is 5.29. The van der Waals surface area contributed by atoms with E-state index in [0.717, 1.165) is 22.2 Å². The van der Waals surface area contributed by atoms with Gasteiger partial charge in [0.05, 0.1) is 11.2 Å². The Labute approximate surface area is 127 Å². The Morgan fingerprint density at radius 3 is 2.86 bits per heavy atom. The molecule has 4 rings (SSSR count). The number of hydrogen-bond acceptors (Lipinski definition) is 3. The Kier molecular flexibility index (Phi) is 3.00. The third-order valence-corrected chi connectivity index (χ3v) is 3.83. The summed E-state index contributed by atoms with van der Waals surface area (Å²) in [7, 11) is 0. The zero-order chi connectivity index (χ0) is 14.9. The van der Waals surface area contributed by atoms with Crippen LogP contribution < -0.4 is 10.1 Å². The molecular formula is C18H14N2O2. The predicted octanol–water partition coefficient (Wildman–Crippen LogP) is 3.18. The van der Waals surface area contributed by atoms with Crippen LogP contribution in [-0.4, -0.2) is 17.0 Å². The highest BCUT2D eigenvalue weighted by atomic mass is 16.5. The molecule has 0 saturated carbocycles. The lowest BCUT2D eigenvalue weighted by Crippen LogP contribution is -2.31. The van der Waals surface area contributed by atoms with Gasteiger partial charge in [0.2, 0.25) is 0 Å². The fourth-order valence-electron chi connectivity index (χ4n) is 2.75. The van der Waals surface area contributed by atoms with E-state index in [1.807, 2.05) is 54.6 Å². The first kappa shape index (κ1) is 12.8. The van der Waals surface area contributed by atoms with Crippen molar-refractivity contribution in [2.75, 3.05) is 5.32 Å². The molecule has 0 saturated heterocycles. The molecule has 1 amide bonds. The van der Waals surface area contributed by atoms with Crippen molar-refractivity contribution < 1.29 is 9.53 Å². The van der Waals surface area contributed by atoms with Gasteiger partial charge in [-0.3, -0.25) is 9.78 Å². The van der Waals surface area contributed by atoms with Crippen LogP contribution in [0.2, 0.25) is 0 Å². The molecule has 1 N–H and O–H groups in total. The molecule has 1 atom stereocenters. The number of pyridine rings is 1. The molecule has 4 heteroatoms. The number of carbonyl (C=O) groups is 1. The fourth-order valence-corrected chi connectivity index (χ4v) is 2.75. The zero-order valence-electron chi connectivity index (χ0n) is 11.8. The van der Waals surface area contributed by atoms with Gasteiger partial charge in [0, 0.05) is 18.0 Å². The third-order valence-electron chi connectivity index (χ3n) is 3.83. The van der Waals surface area contributed by atoms with Crippen LogP contribution in [0, 0.1) is 0 Å². The van der Waals surface area contributed by atoms with E-state index in [4.69, 9.17) is 4.74 Å². The van der Waals surface area contributed by atoms with Gasteiger partial charge in [-0.2, -0.15) is 0 Å². The second kappa shape index (κ2) is 5.15. The van der Waals surface area contributed by atoms with E-state index < -0.39 is 6.10 Å². The van der Waals surface area contributed by atoms with Crippen LogP contribution in [0.15, 0.2) is 60.8 Å². The third kappa shape index (κ3) is 2.19. The topological polar surface area (TPSA) is 51.2 Å². The van der Waals surface area contributed by atoms with Crippen molar-refractivity contribution >= 4 is 22.5 Å². The molecule has 1 aromatic heterocycles. The van der Waals surface area contributed by atoms with Gasteiger partial charge < -0.3 is 10.1 Å². The standard InChI is InChI=1S/C18H14N2O2/c21-18(16-11-13-5-1-2-9-15(13)22-16)20-14-8-3-6-12-7-4-10-19-17(12)14/h1-10,16H,11H2,(H,20,21). The minimum absolute atomic E-state index is 0.144. The number of fused-ring (bicyclic) bond motifs is 2. The van der Waals surface area contributed by atoms with E-state index in [1.165, 1.54) is 0 Å². The molecule has 0 aliphatic carbocycles. The molecule has 1 aliphatic rings. The van der Waals surface area contributed by atoms with Gasteiger partial charge in [0.1, 0.15) is 5.75 Å². The number of hydrogen-bond donors (Lipinski definition) is 1. The van der Waals surface area contributed by atoms with Crippen LogP contribution in [0.3, 0.4) is 0 Å². The smallest absolute Gasteiger partial charge is 0.265 e. The maximum Gasteiger partial charge on any atom is 0.265 e. The average Bonchev–Trinajstić information content (AvgIpc) is 2.99.